The average molecular weight is 381 g/mol. The molecule has 0 spiro atoms. The zero-order chi connectivity index (χ0) is 20.1. The standard InChI is InChI=1S/C22H17F2NO3/c23-17-7-4-8-18(24)20(17)21(26)25-19-13-15(11-12-16(19)22(27)28)10-9-14-5-2-1-3-6-14/h1-8,11-13H,9-10H2,(H,25,26)(H,27,28). The molecule has 3 rings (SSSR count). The first-order valence-electron chi connectivity index (χ1n) is 8.61. The summed E-state index contributed by atoms with van der Waals surface area (Å²) in [6, 6.07) is 17.4. The summed E-state index contributed by atoms with van der Waals surface area (Å²) in [5.74, 6) is -4.33. The van der Waals surface area contributed by atoms with Gasteiger partial charge in [-0.15, -0.1) is 0 Å². The quantitative estimate of drug-likeness (QED) is 0.650. The van der Waals surface area contributed by atoms with E-state index in [1.165, 1.54) is 12.1 Å². The third-order valence-corrected chi connectivity index (χ3v) is 4.30. The van der Waals surface area contributed by atoms with Crippen molar-refractivity contribution in [2.45, 2.75) is 12.8 Å². The Balaban J connectivity index is 1.85. The van der Waals surface area contributed by atoms with E-state index in [2.05, 4.69) is 5.32 Å². The zero-order valence-electron chi connectivity index (χ0n) is 14.8. The fourth-order valence-electron chi connectivity index (χ4n) is 2.87. The van der Waals surface area contributed by atoms with Gasteiger partial charge in [0.1, 0.15) is 17.2 Å². The number of aryl methyl sites for hydroxylation is 2. The molecule has 0 unspecified atom stereocenters. The second kappa shape index (κ2) is 8.43. The van der Waals surface area contributed by atoms with Crippen LogP contribution in [0.5, 0.6) is 0 Å². The highest BCUT2D eigenvalue weighted by Crippen LogP contribution is 2.22. The first-order chi connectivity index (χ1) is 13.5. The molecule has 0 saturated carbocycles. The van der Waals surface area contributed by atoms with E-state index in [9.17, 15) is 23.5 Å². The van der Waals surface area contributed by atoms with E-state index in [1.807, 2.05) is 30.3 Å². The van der Waals surface area contributed by atoms with Crippen molar-refractivity contribution < 1.29 is 23.5 Å². The normalized spacial score (nSPS) is 10.5. The van der Waals surface area contributed by atoms with E-state index >= 15 is 0 Å². The molecule has 0 aromatic heterocycles. The second-order valence-corrected chi connectivity index (χ2v) is 6.22. The predicted octanol–water partition coefficient (Wildman–Crippen LogP) is 4.70. The fourth-order valence-corrected chi connectivity index (χ4v) is 2.87. The Morgan fingerprint density at radius 2 is 1.46 bits per heavy atom. The fraction of sp³-hybridized carbons (Fsp3) is 0.0909. The summed E-state index contributed by atoms with van der Waals surface area (Å²) in [7, 11) is 0. The van der Waals surface area contributed by atoms with Crippen molar-refractivity contribution in [1.82, 2.24) is 0 Å². The lowest BCUT2D eigenvalue weighted by molar-refractivity contribution is 0.0698. The van der Waals surface area contributed by atoms with Gasteiger partial charge in [-0.3, -0.25) is 4.79 Å². The first kappa shape index (κ1) is 19.2. The summed E-state index contributed by atoms with van der Waals surface area (Å²) in [4.78, 5) is 23.8. The molecule has 0 aliphatic heterocycles. The molecule has 3 aromatic rings. The average Bonchev–Trinajstić information content (AvgIpc) is 2.67. The van der Waals surface area contributed by atoms with Crippen LogP contribution in [0.1, 0.15) is 31.8 Å². The maximum Gasteiger partial charge on any atom is 0.337 e. The molecule has 0 saturated heterocycles. The van der Waals surface area contributed by atoms with Crippen LogP contribution in [0, 0.1) is 11.6 Å². The molecule has 3 aromatic carbocycles. The summed E-state index contributed by atoms with van der Waals surface area (Å²) in [5.41, 5.74) is 0.981. The van der Waals surface area contributed by atoms with Gasteiger partial charge in [-0.1, -0.05) is 42.5 Å². The highest BCUT2D eigenvalue weighted by Gasteiger charge is 2.20. The maximum atomic E-state index is 13.8. The number of benzene rings is 3. The number of carboxylic acids is 1. The number of carbonyl (C=O) groups is 2. The molecule has 28 heavy (non-hydrogen) atoms. The molecular formula is C22H17F2NO3. The number of rotatable bonds is 6. The van der Waals surface area contributed by atoms with Crippen molar-refractivity contribution in [2.75, 3.05) is 5.32 Å². The van der Waals surface area contributed by atoms with Crippen LogP contribution >= 0.6 is 0 Å². The molecule has 2 N–H and O–H groups in total. The van der Waals surface area contributed by atoms with Crippen LogP contribution in [0.15, 0.2) is 66.7 Å². The van der Waals surface area contributed by atoms with Gasteiger partial charge in [0.25, 0.3) is 5.91 Å². The third-order valence-electron chi connectivity index (χ3n) is 4.30. The van der Waals surface area contributed by atoms with Crippen LogP contribution in [-0.4, -0.2) is 17.0 Å². The van der Waals surface area contributed by atoms with E-state index in [1.54, 1.807) is 6.07 Å². The highest BCUT2D eigenvalue weighted by molar-refractivity contribution is 6.08. The van der Waals surface area contributed by atoms with E-state index in [4.69, 9.17) is 0 Å². The number of aromatic carboxylic acids is 1. The first-order valence-corrected chi connectivity index (χ1v) is 8.61. The van der Waals surface area contributed by atoms with Crippen molar-refractivity contribution in [1.29, 1.82) is 0 Å². The maximum absolute atomic E-state index is 13.8. The van der Waals surface area contributed by atoms with Crippen LogP contribution in [0.3, 0.4) is 0 Å². The molecule has 0 fully saturated rings. The highest BCUT2D eigenvalue weighted by atomic mass is 19.1. The van der Waals surface area contributed by atoms with Crippen molar-refractivity contribution in [3.05, 3.63) is 101 Å². The number of hydrogen-bond donors (Lipinski definition) is 2. The molecule has 142 valence electrons. The predicted molar refractivity (Wildman–Crippen MR) is 102 cm³/mol. The van der Waals surface area contributed by atoms with Crippen LogP contribution in [-0.2, 0) is 12.8 Å². The zero-order valence-corrected chi connectivity index (χ0v) is 14.8. The number of carboxylic acid groups (broad SMARTS) is 1. The van der Waals surface area contributed by atoms with Gasteiger partial charge < -0.3 is 10.4 Å². The molecule has 0 bridgehead atoms. The summed E-state index contributed by atoms with van der Waals surface area (Å²) < 4.78 is 27.7. The summed E-state index contributed by atoms with van der Waals surface area (Å²) in [6.07, 6.45) is 1.34. The van der Waals surface area contributed by atoms with Gasteiger partial charge in [-0.05, 0) is 48.2 Å². The van der Waals surface area contributed by atoms with Gasteiger partial charge in [-0.2, -0.15) is 0 Å². The number of hydrogen-bond acceptors (Lipinski definition) is 2. The van der Waals surface area contributed by atoms with Crippen LogP contribution in [0.2, 0.25) is 0 Å². The molecule has 0 atom stereocenters. The SMILES string of the molecule is O=C(O)c1ccc(CCc2ccccc2)cc1NC(=O)c1c(F)cccc1F. The topological polar surface area (TPSA) is 66.4 Å². The van der Waals surface area contributed by atoms with E-state index in [0.29, 0.717) is 6.42 Å². The number of halogens is 2. The molecule has 0 radical (unpaired) electrons. The molecule has 6 heteroatoms. The third kappa shape index (κ3) is 4.40. The number of nitrogens with one attached hydrogen (secondary N) is 1. The Labute approximate surface area is 160 Å². The van der Waals surface area contributed by atoms with Gasteiger partial charge in [0, 0.05) is 0 Å². The van der Waals surface area contributed by atoms with E-state index < -0.39 is 29.1 Å². The Hall–Kier alpha value is -3.54. The second-order valence-electron chi connectivity index (χ2n) is 6.22. The van der Waals surface area contributed by atoms with Crippen molar-refractivity contribution >= 4 is 17.6 Å². The molecule has 0 heterocycles. The minimum atomic E-state index is -1.25. The Morgan fingerprint density at radius 3 is 2.11 bits per heavy atom. The van der Waals surface area contributed by atoms with Gasteiger partial charge >= 0.3 is 5.97 Å². The minimum absolute atomic E-state index is 0.00860. The van der Waals surface area contributed by atoms with Gasteiger partial charge in [-0.25, -0.2) is 13.6 Å². The number of anilines is 1. The molecule has 4 nitrogen and oxygen atoms in total. The van der Waals surface area contributed by atoms with E-state index in [-0.39, 0.29) is 11.3 Å². The van der Waals surface area contributed by atoms with Crippen LogP contribution in [0.4, 0.5) is 14.5 Å². The number of carbonyl (C=O) groups excluding carboxylic acids is 1. The summed E-state index contributed by atoms with van der Waals surface area (Å²) in [6.45, 7) is 0. The molecule has 0 aliphatic carbocycles. The van der Waals surface area contributed by atoms with Crippen molar-refractivity contribution in [3.63, 3.8) is 0 Å². The number of amides is 1. The van der Waals surface area contributed by atoms with Gasteiger partial charge in [0.2, 0.25) is 0 Å². The van der Waals surface area contributed by atoms with Crippen LogP contribution < -0.4 is 5.32 Å². The smallest absolute Gasteiger partial charge is 0.337 e. The lowest BCUT2D eigenvalue weighted by Crippen LogP contribution is -2.18. The minimum Gasteiger partial charge on any atom is -0.478 e. The molecule has 1 amide bonds. The largest absolute Gasteiger partial charge is 0.478 e. The monoisotopic (exact) mass is 381 g/mol. The van der Waals surface area contributed by atoms with Crippen molar-refractivity contribution in [2.24, 2.45) is 0 Å². The molecular weight excluding hydrogens is 364 g/mol. The Kier molecular flexibility index (Phi) is 5.79. The van der Waals surface area contributed by atoms with Crippen LogP contribution in [0.25, 0.3) is 0 Å². The van der Waals surface area contributed by atoms with Gasteiger partial charge in [0.15, 0.2) is 0 Å². The summed E-state index contributed by atoms with van der Waals surface area (Å²) >= 11 is 0. The van der Waals surface area contributed by atoms with E-state index in [0.717, 1.165) is 35.7 Å². The molecule has 0 aliphatic rings. The Morgan fingerprint density at radius 1 is 0.821 bits per heavy atom. The van der Waals surface area contributed by atoms with Gasteiger partial charge in [0.05, 0.1) is 11.3 Å². The van der Waals surface area contributed by atoms with Crippen molar-refractivity contribution in [3.8, 4) is 0 Å². The summed E-state index contributed by atoms with van der Waals surface area (Å²) in [5, 5.41) is 11.7. The lowest BCUT2D eigenvalue weighted by atomic mass is 10.0. The lowest BCUT2D eigenvalue weighted by Gasteiger charge is -2.12. The Bertz CT molecular complexity index is 999.